The molecule has 13 heavy (non-hydrogen) atoms. The summed E-state index contributed by atoms with van der Waals surface area (Å²) >= 11 is 5.55. The predicted octanol–water partition coefficient (Wildman–Crippen LogP) is 1.91. The third-order valence-electron chi connectivity index (χ3n) is 2.16. The minimum atomic E-state index is -0.0132. The summed E-state index contributed by atoms with van der Waals surface area (Å²) in [6.07, 6.45) is 2.35. The van der Waals surface area contributed by atoms with Crippen molar-refractivity contribution in [3.05, 3.63) is 11.7 Å². The van der Waals surface area contributed by atoms with Crippen LogP contribution in [0.1, 0.15) is 30.7 Å². The second kappa shape index (κ2) is 3.64. The summed E-state index contributed by atoms with van der Waals surface area (Å²) in [5.74, 6) is 1.90. The largest absolute Gasteiger partial charge is 0.373 e. The lowest BCUT2D eigenvalue weighted by Crippen LogP contribution is -2.05. The van der Waals surface area contributed by atoms with Gasteiger partial charge in [-0.15, -0.1) is 11.6 Å². The number of methoxy groups -OCH3 is 1. The van der Waals surface area contributed by atoms with Gasteiger partial charge in [0.15, 0.2) is 0 Å². The first kappa shape index (κ1) is 8.97. The van der Waals surface area contributed by atoms with E-state index in [-0.39, 0.29) is 12.0 Å². The van der Waals surface area contributed by atoms with Crippen molar-refractivity contribution in [1.29, 1.82) is 0 Å². The van der Waals surface area contributed by atoms with Crippen molar-refractivity contribution in [3.8, 4) is 0 Å². The molecular formula is C8H11ClN2O2. The van der Waals surface area contributed by atoms with Crippen molar-refractivity contribution in [1.82, 2.24) is 10.1 Å². The Balaban J connectivity index is 2.12. The first-order valence-corrected chi connectivity index (χ1v) is 4.80. The van der Waals surface area contributed by atoms with Crippen molar-refractivity contribution in [3.63, 3.8) is 0 Å². The molecule has 0 amide bonds. The van der Waals surface area contributed by atoms with Gasteiger partial charge in [0.25, 0.3) is 0 Å². The summed E-state index contributed by atoms with van der Waals surface area (Å²) in [6, 6.07) is 0. The SMILES string of the molecule is COC(c1noc(CCl)n1)C1CC1. The van der Waals surface area contributed by atoms with Gasteiger partial charge >= 0.3 is 0 Å². The molecule has 1 aliphatic rings. The maximum atomic E-state index is 5.55. The number of alkyl halides is 1. The summed E-state index contributed by atoms with van der Waals surface area (Å²) in [5, 5.41) is 3.82. The number of nitrogens with zero attached hydrogens (tertiary/aromatic N) is 2. The van der Waals surface area contributed by atoms with Gasteiger partial charge in [-0.1, -0.05) is 5.16 Å². The summed E-state index contributed by atoms with van der Waals surface area (Å²) in [4.78, 5) is 4.13. The predicted molar refractivity (Wildman–Crippen MR) is 46.3 cm³/mol. The fourth-order valence-electron chi connectivity index (χ4n) is 1.35. The molecule has 1 aromatic rings. The second-order valence-electron chi connectivity index (χ2n) is 3.17. The number of hydrogen-bond acceptors (Lipinski definition) is 4. The Morgan fingerprint density at radius 2 is 2.46 bits per heavy atom. The van der Waals surface area contributed by atoms with Gasteiger partial charge in [-0.05, 0) is 18.8 Å². The Hall–Kier alpha value is -0.610. The third kappa shape index (κ3) is 1.84. The van der Waals surface area contributed by atoms with Crippen LogP contribution in [-0.4, -0.2) is 17.3 Å². The van der Waals surface area contributed by atoms with Gasteiger partial charge in [-0.3, -0.25) is 0 Å². The Bertz CT molecular complexity index is 285. The zero-order chi connectivity index (χ0) is 9.26. The smallest absolute Gasteiger partial charge is 0.241 e. The Morgan fingerprint density at radius 3 is 2.92 bits per heavy atom. The van der Waals surface area contributed by atoms with Crippen LogP contribution in [0.25, 0.3) is 0 Å². The maximum absolute atomic E-state index is 5.55. The lowest BCUT2D eigenvalue weighted by atomic mass is 10.2. The van der Waals surface area contributed by atoms with E-state index in [2.05, 4.69) is 10.1 Å². The van der Waals surface area contributed by atoms with Crippen molar-refractivity contribution >= 4 is 11.6 Å². The average molecular weight is 203 g/mol. The number of halogens is 1. The highest BCUT2D eigenvalue weighted by molar-refractivity contribution is 6.16. The molecule has 0 radical (unpaired) electrons. The molecule has 2 rings (SSSR count). The van der Waals surface area contributed by atoms with Gasteiger partial charge in [0.05, 0.1) is 0 Å². The van der Waals surface area contributed by atoms with Crippen LogP contribution in [0.15, 0.2) is 4.52 Å². The minimum absolute atomic E-state index is 0.0132. The highest BCUT2D eigenvalue weighted by Gasteiger charge is 2.35. The van der Waals surface area contributed by atoms with E-state index in [9.17, 15) is 0 Å². The topological polar surface area (TPSA) is 48.2 Å². The van der Waals surface area contributed by atoms with Crippen molar-refractivity contribution in [2.24, 2.45) is 5.92 Å². The highest BCUT2D eigenvalue weighted by atomic mass is 35.5. The molecule has 0 aromatic carbocycles. The van der Waals surface area contributed by atoms with E-state index in [1.807, 2.05) is 0 Å². The van der Waals surface area contributed by atoms with E-state index in [0.717, 1.165) is 0 Å². The van der Waals surface area contributed by atoms with E-state index in [1.165, 1.54) is 12.8 Å². The standard InChI is InChI=1S/C8H11ClN2O2/c1-12-7(5-2-3-5)8-10-6(4-9)13-11-8/h5,7H,2-4H2,1H3. The van der Waals surface area contributed by atoms with E-state index in [0.29, 0.717) is 17.6 Å². The molecule has 0 aliphatic heterocycles. The quantitative estimate of drug-likeness (QED) is 0.700. The third-order valence-corrected chi connectivity index (χ3v) is 2.39. The molecule has 0 spiro atoms. The maximum Gasteiger partial charge on any atom is 0.241 e. The first-order chi connectivity index (χ1) is 6.35. The Labute approximate surface area is 81.2 Å². The van der Waals surface area contributed by atoms with E-state index in [4.69, 9.17) is 20.9 Å². The lowest BCUT2D eigenvalue weighted by molar-refractivity contribution is 0.0751. The Morgan fingerprint density at radius 1 is 1.69 bits per heavy atom. The molecule has 0 N–H and O–H groups in total. The van der Waals surface area contributed by atoms with Crippen molar-refractivity contribution in [2.45, 2.75) is 24.8 Å². The molecule has 1 aromatic heterocycles. The summed E-state index contributed by atoms with van der Waals surface area (Å²) in [6.45, 7) is 0. The molecule has 1 atom stereocenters. The van der Waals surface area contributed by atoms with Gasteiger partial charge in [0.1, 0.15) is 12.0 Å². The van der Waals surface area contributed by atoms with Gasteiger partial charge in [0.2, 0.25) is 11.7 Å². The van der Waals surface area contributed by atoms with Crippen LogP contribution < -0.4 is 0 Å². The molecule has 1 aliphatic carbocycles. The zero-order valence-electron chi connectivity index (χ0n) is 7.36. The van der Waals surface area contributed by atoms with Crippen LogP contribution in [-0.2, 0) is 10.6 Å². The summed E-state index contributed by atoms with van der Waals surface area (Å²) < 4.78 is 10.2. The Kier molecular flexibility index (Phi) is 2.51. The normalized spacial score (nSPS) is 18.9. The summed E-state index contributed by atoms with van der Waals surface area (Å²) in [7, 11) is 1.67. The van der Waals surface area contributed by atoms with E-state index in [1.54, 1.807) is 7.11 Å². The first-order valence-electron chi connectivity index (χ1n) is 4.26. The van der Waals surface area contributed by atoms with Crippen molar-refractivity contribution in [2.75, 3.05) is 7.11 Å². The number of aromatic nitrogens is 2. The fraction of sp³-hybridized carbons (Fsp3) is 0.750. The average Bonchev–Trinajstić information content (AvgIpc) is 2.85. The van der Waals surface area contributed by atoms with Gasteiger partial charge in [-0.25, -0.2) is 0 Å². The van der Waals surface area contributed by atoms with Crippen LogP contribution in [0, 0.1) is 5.92 Å². The number of rotatable bonds is 4. The van der Waals surface area contributed by atoms with E-state index < -0.39 is 0 Å². The summed E-state index contributed by atoms with van der Waals surface area (Å²) in [5.41, 5.74) is 0. The molecule has 5 heteroatoms. The van der Waals surface area contributed by atoms with Crippen LogP contribution in [0.5, 0.6) is 0 Å². The van der Waals surface area contributed by atoms with Crippen LogP contribution in [0.2, 0.25) is 0 Å². The molecule has 1 saturated carbocycles. The number of ether oxygens (including phenoxy) is 1. The second-order valence-corrected chi connectivity index (χ2v) is 3.44. The molecule has 0 saturated heterocycles. The van der Waals surface area contributed by atoms with Crippen LogP contribution >= 0.6 is 11.6 Å². The molecule has 1 heterocycles. The molecular weight excluding hydrogens is 192 g/mol. The minimum Gasteiger partial charge on any atom is -0.373 e. The van der Waals surface area contributed by atoms with Crippen molar-refractivity contribution < 1.29 is 9.26 Å². The van der Waals surface area contributed by atoms with E-state index >= 15 is 0 Å². The highest BCUT2D eigenvalue weighted by Crippen LogP contribution is 2.41. The van der Waals surface area contributed by atoms with Gasteiger partial charge in [-0.2, -0.15) is 4.98 Å². The lowest BCUT2D eigenvalue weighted by Gasteiger charge is -2.07. The van der Waals surface area contributed by atoms with Crippen LogP contribution in [0.4, 0.5) is 0 Å². The molecule has 0 bridgehead atoms. The molecule has 1 fully saturated rings. The monoisotopic (exact) mass is 202 g/mol. The van der Waals surface area contributed by atoms with Gasteiger partial charge in [0, 0.05) is 7.11 Å². The fourth-order valence-corrected chi connectivity index (χ4v) is 1.45. The zero-order valence-corrected chi connectivity index (χ0v) is 8.12. The molecule has 4 nitrogen and oxygen atoms in total. The van der Waals surface area contributed by atoms with Crippen LogP contribution in [0.3, 0.4) is 0 Å². The molecule has 1 unspecified atom stereocenters. The van der Waals surface area contributed by atoms with Gasteiger partial charge < -0.3 is 9.26 Å². The molecule has 72 valence electrons. The number of hydrogen-bond donors (Lipinski definition) is 0.